The molecule has 0 unspecified atom stereocenters. The third-order valence-electron chi connectivity index (χ3n) is 9.03. The van der Waals surface area contributed by atoms with Gasteiger partial charge in [0.25, 0.3) is 0 Å². The van der Waals surface area contributed by atoms with Gasteiger partial charge in [0.15, 0.2) is 5.78 Å². The number of fused-ring (bicyclic) bond motifs is 2. The second kappa shape index (κ2) is 12.1. The van der Waals surface area contributed by atoms with Crippen molar-refractivity contribution >= 4 is 27.9 Å². The summed E-state index contributed by atoms with van der Waals surface area (Å²) in [7, 11) is 0. The van der Waals surface area contributed by atoms with E-state index < -0.39 is 0 Å². The number of hydrogen-bond donors (Lipinski definition) is 1. The van der Waals surface area contributed by atoms with Crippen molar-refractivity contribution < 1.29 is 4.79 Å². The Balaban J connectivity index is 1.03. The van der Waals surface area contributed by atoms with Gasteiger partial charge >= 0.3 is 0 Å². The molecule has 0 aliphatic carbocycles. The fraction of sp³-hybridized carbons (Fsp3) is 0.150. The number of aromatic amines is 1. The summed E-state index contributed by atoms with van der Waals surface area (Å²) in [6.07, 6.45) is 2.20. The van der Waals surface area contributed by atoms with Crippen LogP contribution in [0.25, 0.3) is 44.6 Å². The number of aromatic nitrogens is 4. The second-order valence-corrected chi connectivity index (χ2v) is 12.1. The summed E-state index contributed by atoms with van der Waals surface area (Å²) in [6.45, 7) is 3.01. The summed E-state index contributed by atoms with van der Waals surface area (Å²) in [5, 5.41) is 0. The van der Waals surface area contributed by atoms with E-state index in [0.717, 1.165) is 77.4 Å². The summed E-state index contributed by atoms with van der Waals surface area (Å²) in [4.78, 5) is 34.3. The number of para-hydroxylation sites is 2. The third kappa shape index (κ3) is 5.59. The summed E-state index contributed by atoms with van der Waals surface area (Å²) in [5.74, 6) is 1.57. The quantitative estimate of drug-likeness (QED) is 0.186. The lowest BCUT2D eigenvalue weighted by Gasteiger charge is -2.31. The zero-order valence-corrected chi connectivity index (χ0v) is 25.4. The van der Waals surface area contributed by atoms with Crippen LogP contribution in [0.4, 0.5) is 0 Å². The Morgan fingerprint density at radius 2 is 1.28 bits per heavy atom. The van der Waals surface area contributed by atoms with Gasteiger partial charge in [-0.2, -0.15) is 0 Å². The molecule has 3 heterocycles. The molecule has 5 aromatic carbocycles. The van der Waals surface area contributed by atoms with Crippen LogP contribution in [0.15, 0.2) is 127 Å². The fourth-order valence-corrected chi connectivity index (χ4v) is 6.51. The molecule has 1 aliphatic rings. The Labute approximate surface area is 267 Å². The van der Waals surface area contributed by atoms with Crippen molar-refractivity contribution in [2.45, 2.75) is 25.3 Å². The van der Waals surface area contributed by atoms with Crippen LogP contribution in [0, 0.1) is 0 Å². The topological polar surface area (TPSA) is 74.8 Å². The van der Waals surface area contributed by atoms with E-state index in [1.165, 1.54) is 5.56 Å². The SMILES string of the molecule is O=C(c1ccccc1)c1ccc2nc(-c3ccc(CN4CCC(c5nc6ccccc6[nH]5)CC4)cc3)c(-c3ccccc3)nc2c1. The average Bonchev–Trinajstić information content (AvgIpc) is 3.56. The average molecular weight is 600 g/mol. The molecule has 1 N–H and O–H groups in total. The van der Waals surface area contributed by atoms with Crippen LogP contribution in [0.2, 0.25) is 0 Å². The molecule has 0 atom stereocenters. The molecule has 1 aliphatic heterocycles. The Morgan fingerprint density at radius 1 is 0.630 bits per heavy atom. The summed E-state index contributed by atoms with van der Waals surface area (Å²) in [6, 6.07) is 42.1. The van der Waals surface area contributed by atoms with Crippen LogP contribution in [0.5, 0.6) is 0 Å². The number of carbonyl (C=O) groups excluding carboxylic acids is 1. The second-order valence-electron chi connectivity index (χ2n) is 12.1. The summed E-state index contributed by atoms with van der Waals surface area (Å²) >= 11 is 0. The molecule has 6 nitrogen and oxygen atoms in total. The van der Waals surface area contributed by atoms with Gasteiger partial charge in [-0.3, -0.25) is 9.69 Å². The largest absolute Gasteiger partial charge is 0.342 e. The lowest BCUT2D eigenvalue weighted by atomic mass is 9.95. The highest BCUT2D eigenvalue weighted by Gasteiger charge is 2.23. The minimum atomic E-state index is -0.0241. The van der Waals surface area contributed by atoms with Crippen molar-refractivity contribution in [3.8, 4) is 22.5 Å². The first-order valence-corrected chi connectivity index (χ1v) is 15.9. The van der Waals surface area contributed by atoms with Gasteiger partial charge in [-0.25, -0.2) is 15.0 Å². The highest BCUT2D eigenvalue weighted by Crippen LogP contribution is 2.33. The summed E-state index contributed by atoms with van der Waals surface area (Å²) < 4.78 is 0. The predicted molar refractivity (Wildman–Crippen MR) is 184 cm³/mol. The molecule has 1 saturated heterocycles. The van der Waals surface area contributed by atoms with Crippen molar-refractivity contribution in [1.29, 1.82) is 0 Å². The van der Waals surface area contributed by atoms with Crippen molar-refractivity contribution in [3.05, 3.63) is 150 Å². The van der Waals surface area contributed by atoms with Gasteiger partial charge in [-0.05, 0) is 61.8 Å². The van der Waals surface area contributed by atoms with Gasteiger partial charge in [-0.15, -0.1) is 0 Å². The maximum absolute atomic E-state index is 13.2. The minimum Gasteiger partial charge on any atom is -0.342 e. The summed E-state index contributed by atoms with van der Waals surface area (Å²) in [5.41, 5.74) is 9.82. The van der Waals surface area contributed by atoms with E-state index >= 15 is 0 Å². The van der Waals surface area contributed by atoms with Crippen LogP contribution in [0.1, 0.15) is 46.1 Å². The van der Waals surface area contributed by atoms with Crippen molar-refractivity contribution in [2.75, 3.05) is 13.1 Å². The lowest BCUT2D eigenvalue weighted by molar-refractivity contribution is 0.103. The minimum absolute atomic E-state index is 0.0241. The number of piperidine rings is 1. The van der Waals surface area contributed by atoms with Crippen molar-refractivity contribution in [3.63, 3.8) is 0 Å². The number of benzene rings is 5. The molecule has 8 rings (SSSR count). The molecule has 2 aromatic heterocycles. The normalized spacial score (nSPS) is 14.2. The molecule has 0 bridgehead atoms. The Bertz CT molecular complexity index is 2120. The van der Waals surface area contributed by atoms with Crippen molar-refractivity contribution in [2.24, 2.45) is 0 Å². The van der Waals surface area contributed by atoms with E-state index in [-0.39, 0.29) is 5.78 Å². The molecule has 0 spiro atoms. The van der Waals surface area contributed by atoms with E-state index in [0.29, 0.717) is 22.6 Å². The number of nitrogens with zero attached hydrogens (tertiary/aromatic N) is 4. The van der Waals surface area contributed by atoms with Gasteiger partial charge in [0, 0.05) is 34.7 Å². The number of likely N-dealkylation sites (tertiary alicyclic amines) is 1. The number of imidazole rings is 1. The highest BCUT2D eigenvalue weighted by atomic mass is 16.1. The Kier molecular flexibility index (Phi) is 7.40. The number of carbonyl (C=O) groups is 1. The number of rotatable bonds is 7. The molecule has 0 saturated carbocycles. The van der Waals surface area contributed by atoms with Gasteiger partial charge in [0.1, 0.15) is 5.82 Å². The van der Waals surface area contributed by atoms with Crippen molar-refractivity contribution in [1.82, 2.24) is 24.8 Å². The van der Waals surface area contributed by atoms with Crippen LogP contribution in [0.3, 0.4) is 0 Å². The number of H-pyrrole nitrogens is 1. The van der Waals surface area contributed by atoms with Gasteiger partial charge in [-0.1, -0.05) is 97.1 Å². The van der Waals surface area contributed by atoms with E-state index in [4.69, 9.17) is 15.0 Å². The zero-order valence-electron chi connectivity index (χ0n) is 25.4. The molecule has 46 heavy (non-hydrogen) atoms. The maximum Gasteiger partial charge on any atom is 0.193 e. The lowest BCUT2D eigenvalue weighted by Crippen LogP contribution is -2.32. The standard InChI is InChI=1S/C40H33N5O/c46-39(30-11-5-2-6-12-30)32-19-20-35-36(25-32)42-37(28-9-3-1-4-10-28)38(41-35)29-17-15-27(16-18-29)26-45-23-21-31(22-24-45)40-43-33-13-7-8-14-34(33)44-40/h1-20,25,31H,21-24,26H2,(H,43,44). The molecule has 0 radical (unpaired) electrons. The smallest absolute Gasteiger partial charge is 0.193 e. The molecular weight excluding hydrogens is 566 g/mol. The first kappa shape index (κ1) is 28.0. The van der Waals surface area contributed by atoms with E-state index in [1.54, 1.807) is 0 Å². The molecule has 224 valence electrons. The number of nitrogens with one attached hydrogen (secondary N) is 1. The van der Waals surface area contributed by atoms with Gasteiger partial charge < -0.3 is 4.98 Å². The molecule has 7 aromatic rings. The Morgan fingerprint density at radius 3 is 2.02 bits per heavy atom. The maximum atomic E-state index is 13.2. The van der Waals surface area contributed by atoms with E-state index in [1.807, 2.05) is 72.8 Å². The van der Waals surface area contributed by atoms with E-state index in [2.05, 4.69) is 64.5 Å². The molecular formula is C40H33N5O. The van der Waals surface area contributed by atoms with E-state index in [9.17, 15) is 4.79 Å². The van der Waals surface area contributed by atoms with Gasteiger partial charge in [0.2, 0.25) is 0 Å². The van der Waals surface area contributed by atoms with Gasteiger partial charge in [0.05, 0.1) is 33.5 Å². The first-order chi connectivity index (χ1) is 22.7. The first-order valence-electron chi connectivity index (χ1n) is 15.9. The third-order valence-corrected chi connectivity index (χ3v) is 9.03. The van der Waals surface area contributed by atoms with Crippen LogP contribution < -0.4 is 0 Å². The zero-order chi connectivity index (χ0) is 30.9. The molecule has 1 fully saturated rings. The monoisotopic (exact) mass is 599 g/mol. The number of ketones is 1. The number of hydrogen-bond acceptors (Lipinski definition) is 5. The Hall–Kier alpha value is -5.46. The van der Waals surface area contributed by atoms with Crippen LogP contribution in [-0.2, 0) is 6.54 Å². The molecule has 0 amide bonds. The highest BCUT2D eigenvalue weighted by molar-refractivity contribution is 6.10. The molecule has 6 heteroatoms. The van der Waals surface area contributed by atoms with Crippen LogP contribution >= 0.6 is 0 Å². The van der Waals surface area contributed by atoms with Crippen LogP contribution in [-0.4, -0.2) is 43.7 Å². The fourth-order valence-electron chi connectivity index (χ4n) is 6.51. The predicted octanol–water partition coefficient (Wildman–Crippen LogP) is 8.45.